The molecule has 1 N–H and O–H groups in total. The van der Waals surface area contributed by atoms with Crippen molar-refractivity contribution in [2.45, 2.75) is 26.2 Å². The summed E-state index contributed by atoms with van der Waals surface area (Å²) in [4.78, 5) is 0. The summed E-state index contributed by atoms with van der Waals surface area (Å²) < 4.78 is 0. The second-order valence-corrected chi connectivity index (χ2v) is 1.46. The Balaban J connectivity index is 0. The summed E-state index contributed by atoms with van der Waals surface area (Å²) in [6.07, 6.45) is 3.54. The van der Waals surface area contributed by atoms with Crippen molar-refractivity contribution in [1.82, 2.24) is 0 Å². The molecule has 0 unspecified atom stereocenters. The first-order valence-corrected chi connectivity index (χ1v) is 2.56. The third-order valence-corrected chi connectivity index (χ3v) is 0.780. The smallest absolute Gasteiger partial charge is 0 e. The van der Waals surface area contributed by atoms with Crippen LogP contribution in [0.4, 0.5) is 0 Å². The second kappa shape index (κ2) is 10.1. The summed E-state index contributed by atoms with van der Waals surface area (Å²) in [6.45, 7) is 2.75. The summed E-state index contributed by atoms with van der Waals surface area (Å²) in [7, 11) is 0. The number of unbranched alkanes of at least 4 members (excludes halogenated alkanes) is 2. The van der Waals surface area contributed by atoms with Crippen LogP contribution in [0.3, 0.4) is 0 Å². The van der Waals surface area contributed by atoms with Crippen molar-refractivity contribution in [2.24, 2.45) is 0 Å². The van der Waals surface area contributed by atoms with E-state index in [1.807, 2.05) is 0 Å². The Morgan fingerprint density at radius 3 is 2.00 bits per heavy atom. The Bertz CT molecular complexity index is 20.0. The van der Waals surface area contributed by atoms with Crippen LogP contribution in [-0.4, -0.2) is 6.54 Å². The quantitative estimate of drug-likeness (QED) is 0.587. The fourth-order valence-electron chi connectivity index (χ4n) is 0.375. The van der Waals surface area contributed by atoms with Crippen molar-refractivity contribution in [3.8, 4) is 0 Å². The van der Waals surface area contributed by atoms with E-state index in [-0.39, 0.29) is 32.7 Å². The van der Waals surface area contributed by atoms with Crippen molar-refractivity contribution < 1.29 is 32.7 Å². The summed E-state index contributed by atoms with van der Waals surface area (Å²) in [5, 5.41) is 0. The molecule has 0 fully saturated rings. The third-order valence-electron chi connectivity index (χ3n) is 0.780. The Labute approximate surface area is 70.9 Å². The molecule has 0 aromatic carbocycles. The Kier molecular flexibility index (Phi) is 15.8. The normalized spacial score (nSPS) is 7.71. The van der Waals surface area contributed by atoms with Crippen LogP contribution >= 0.6 is 0 Å². The topological polar surface area (TPSA) is 23.8 Å². The Morgan fingerprint density at radius 1 is 1.29 bits per heavy atom. The summed E-state index contributed by atoms with van der Waals surface area (Å²) in [5.41, 5.74) is 6.71. The number of rotatable bonds is 3. The van der Waals surface area contributed by atoms with Crippen molar-refractivity contribution in [1.29, 1.82) is 0 Å². The predicted octanol–water partition coefficient (Wildman–Crippen LogP) is 2.23. The molecule has 0 heterocycles. The van der Waals surface area contributed by atoms with Gasteiger partial charge in [-0.15, -0.1) is 0 Å². The summed E-state index contributed by atoms with van der Waals surface area (Å²) in [6, 6.07) is 0. The zero-order chi connectivity index (χ0) is 4.83. The standard InChI is InChI=1S/C5H12N.Y/c1-2-3-4-5-6;/h6H,2-5H2,1H3;/q-1;. The maximum absolute atomic E-state index is 6.71. The van der Waals surface area contributed by atoms with Gasteiger partial charge < -0.3 is 5.73 Å². The van der Waals surface area contributed by atoms with Crippen LogP contribution in [0.5, 0.6) is 0 Å². The largest absolute Gasteiger partial charge is 0.677 e. The van der Waals surface area contributed by atoms with Gasteiger partial charge in [0, 0.05) is 32.7 Å². The molecule has 0 aromatic rings. The van der Waals surface area contributed by atoms with Crippen LogP contribution in [0.25, 0.3) is 5.73 Å². The van der Waals surface area contributed by atoms with Gasteiger partial charge in [-0.3, -0.25) is 0 Å². The van der Waals surface area contributed by atoms with Gasteiger partial charge in [0.15, 0.2) is 0 Å². The first-order chi connectivity index (χ1) is 2.91. The number of hydrogen-bond acceptors (Lipinski definition) is 0. The van der Waals surface area contributed by atoms with Gasteiger partial charge in [-0.2, -0.15) is 6.54 Å². The van der Waals surface area contributed by atoms with Gasteiger partial charge in [0.05, 0.1) is 0 Å². The molecule has 41 valence electrons. The van der Waals surface area contributed by atoms with E-state index in [4.69, 9.17) is 5.73 Å². The summed E-state index contributed by atoms with van der Waals surface area (Å²) in [5.74, 6) is 0. The van der Waals surface area contributed by atoms with Gasteiger partial charge in [0.1, 0.15) is 0 Å². The van der Waals surface area contributed by atoms with E-state index in [2.05, 4.69) is 6.92 Å². The minimum absolute atomic E-state index is 0. The molecule has 1 nitrogen and oxygen atoms in total. The fraction of sp³-hybridized carbons (Fsp3) is 1.00. The first kappa shape index (κ1) is 10.9. The van der Waals surface area contributed by atoms with Gasteiger partial charge in [-0.1, -0.05) is 26.2 Å². The molecule has 0 spiro atoms. The maximum atomic E-state index is 6.71. The van der Waals surface area contributed by atoms with Gasteiger partial charge in [0.25, 0.3) is 0 Å². The second-order valence-electron chi connectivity index (χ2n) is 1.46. The fourth-order valence-corrected chi connectivity index (χ4v) is 0.375. The van der Waals surface area contributed by atoms with Crippen LogP contribution in [0, 0.1) is 0 Å². The van der Waals surface area contributed by atoms with Crippen LogP contribution in [0.2, 0.25) is 0 Å². The minimum Gasteiger partial charge on any atom is -0.677 e. The molecule has 0 rings (SSSR count). The predicted molar refractivity (Wildman–Crippen MR) is 28.7 cm³/mol. The third kappa shape index (κ3) is 11.0. The molecule has 0 saturated heterocycles. The zero-order valence-electron chi connectivity index (χ0n) is 4.91. The molecular formula is C5H12NY-. The molecule has 0 aromatic heterocycles. The monoisotopic (exact) mass is 175 g/mol. The van der Waals surface area contributed by atoms with Gasteiger partial charge in [-0.05, 0) is 0 Å². The van der Waals surface area contributed by atoms with E-state index in [1.165, 1.54) is 12.8 Å². The van der Waals surface area contributed by atoms with E-state index < -0.39 is 0 Å². The van der Waals surface area contributed by atoms with Crippen molar-refractivity contribution in [2.75, 3.05) is 6.54 Å². The molecular weight excluding hydrogens is 163 g/mol. The van der Waals surface area contributed by atoms with E-state index in [0.717, 1.165) is 6.42 Å². The van der Waals surface area contributed by atoms with Crippen molar-refractivity contribution >= 4 is 0 Å². The zero-order valence-corrected chi connectivity index (χ0v) is 7.74. The Hall–Kier alpha value is 1.06. The van der Waals surface area contributed by atoms with E-state index in [9.17, 15) is 0 Å². The van der Waals surface area contributed by atoms with Gasteiger partial charge in [-0.25, -0.2) is 0 Å². The molecule has 0 aliphatic heterocycles. The molecule has 1 radical (unpaired) electrons. The molecule has 0 amide bonds. The number of hydrogen-bond donors (Lipinski definition) is 0. The molecule has 0 aliphatic rings. The molecule has 2 heteroatoms. The van der Waals surface area contributed by atoms with Crippen LogP contribution in [0.1, 0.15) is 26.2 Å². The minimum atomic E-state index is 0. The average molecular weight is 175 g/mol. The van der Waals surface area contributed by atoms with E-state index in [1.54, 1.807) is 0 Å². The van der Waals surface area contributed by atoms with E-state index in [0.29, 0.717) is 6.54 Å². The molecule has 7 heavy (non-hydrogen) atoms. The maximum Gasteiger partial charge on any atom is 0 e. The SMILES string of the molecule is CCCCC[NH-].[Y]. The Morgan fingerprint density at radius 2 is 1.86 bits per heavy atom. The molecule has 0 atom stereocenters. The van der Waals surface area contributed by atoms with Crippen molar-refractivity contribution in [3.63, 3.8) is 0 Å². The summed E-state index contributed by atoms with van der Waals surface area (Å²) >= 11 is 0. The van der Waals surface area contributed by atoms with E-state index >= 15 is 0 Å². The van der Waals surface area contributed by atoms with Crippen LogP contribution < -0.4 is 0 Å². The molecule has 0 bridgehead atoms. The van der Waals surface area contributed by atoms with Crippen molar-refractivity contribution in [3.05, 3.63) is 5.73 Å². The van der Waals surface area contributed by atoms with Gasteiger partial charge in [0.2, 0.25) is 0 Å². The first-order valence-electron chi connectivity index (χ1n) is 2.56. The van der Waals surface area contributed by atoms with Gasteiger partial charge >= 0.3 is 0 Å². The molecule has 0 saturated carbocycles. The average Bonchev–Trinajstić information content (AvgIpc) is 1.61. The van der Waals surface area contributed by atoms with Crippen LogP contribution in [-0.2, 0) is 32.7 Å². The van der Waals surface area contributed by atoms with Crippen LogP contribution in [0.15, 0.2) is 0 Å². The number of nitrogens with one attached hydrogen (secondary N) is 1. The molecule has 0 aliphatic carbocycles.